The van der Waals surface area contributed by atoms with E-state index >= 15 is 0 Å². The van der Waals surface area contributed by atoms with Gasteiger partial charge in [0.05, 0.1) is 28.0 Å². The van der Waals surface area contributed by atoms with E-state index in [1.807, 2.05) is 59.2 Å². The number of phenols is 1. The Morgan fingerprint density at radius 3 is 1.54 bits per heavy atom. The normalized spacial score (nSPS) is 12.2. The van der Waals surface area contributed by atoms with Crippen LogP contribution in [-0.2, 0) is 16.2 Å². The van der Waals surface area contributed by atoms with E-state index in [0.717, 1.165) is 38.9 Å². The van der Waals surface area contributed by atoms with Crippen LogP contribution in [0.5, 0.6) is 5.75 Å². The molecule has 6 aromatic carbocycles. The first kappa shape index (κ1) is 48.8. The van der Waals surface area contributed by atoms with Crippen LogP contribution in [-0.4, -0.2) is 98.1 Å². The zero-order valence-electron chi connectivity index (χ0n) is 40.2. The van der Waals surface area contributed by atoms with Crippen molar-refractivity contribution < 1.29 is 5.11 Å². The van der Waals surface area contributed by atoms with Crippen molar-refractivity contribution in [2.24, 2.45) is 0 Å². The number of benzene rings is 6. The minimum atomic E-state index is -0.429. The third kappa shape index (κ3) is 8.38. The summed E-state index contributed by atoms with van der Waals surface area (Å²) >= 11 is 0. The van der Waals surface area contributed by atoms with E-state index in [1.165, 1.54) is 0 Å². The van der Waals surface area contributed by atoms with Gasteiger partial charge in [-0.2, -0.15) is 0 Å². The first-order chi connectivity index (χ1) is 31.7. The molecule has 0 aliphatic rings. The Morgan fingerprint density at radius 2 is 0.971 bits per heavy atom. The van der Waals surface area contributed by atoms with Gasteiger partial charge in [-0.3, -0.25) is 9.55 Å². The molecule has 0 saturated heterocycles. The van der Waals surface area contributed by atoms with Gasteiger partial charge in [0.2, 0.25) is 0 Å². The van der Waals surface area contributed by atoms with Crippen molar-refractivity contribution >= 4 is 144 Å². The highest BCUT2D eigenvalue weighted by Gasteiger charge is 2.30. The Kier molecular flexibility index (Phi) is 12.5. The molecule has 2 heterocycles. The van der Waals surface area contributed by atoms with Gasteiger partial charge in [0.15, 0.2) is 0 Å². The van der Waals surface area contributed by atoms with Gasteiger partial charge in [-0.15, -0.1) is 32.8 Å². The molecule has 0 aliphatic carbocycles. The van der Waals surface area contributed by atoms with Gasteiger partial charge in [-0.25, -0.2) is 4.98 Å². The molecule has 14 heteroatoms. The smallest absolute Gasteiger partial charge is 0.149 e. The molecular formula is C54H43B10N3O. The van der Waals surface area contributed by atoms with Crippen LogP contribution < -0.4 is 54.6 Å². The lowest BCUT2D eigenvalue weighted by Gasteiger charge is -2.28. The summed E-state index contributed by atoms with van der Waals surface area (Å²) in [5, 5.41) is 12.5. The number of pyridine rings is 1. The van der Waals surface area contributed by atoms with E-state index in [2.05, 4.69) is 92.6 Å². The monoisotopic (exact) mass is 859 g/mol. The van der Waals surface area contributed by atoms with Gasteiger partial charge < -0.3 is 5.11 Å². The summed E-state index contributed by atoms with van der Waals surface area (Å²) in [5.74, 6) is 0.608. The molecule has 0 bridgehead atoms. The molecule has 0 aliphatic heterocycles. The molecule has 0 saturated carbocycles. The van der Waals surface area contributed by atoms with Gasteiger partial charge in [0.25, 0.3) is 0 Å². The van der Waals surface area contributed by atoms with Crippen LogP contribution in [0.4, 0.5) is 0 Å². The number of hydrogen-bond acceptors (Lipinski definition) is 3. The second-order valence-electron chi connectivity index (χ2n) is 20.7. The van der Waals surface area contributed by atoms with Crippen LogP contribution in [0, 0.1) is 0 Å². The van der Waals surface area contributed by atoms with Crippen molar-refractivity contribution in [1.29, 1.82) is 0 Å². The zero-order chi connectivity index (χ0) is 49.7. The van der Waals surface area contributed by atoms with E-state index in [4.69, 9.17) is 88.4 Å². The molecule has 2 aromatic heterocycles. The molecule has 68 heavy (non-hydrogen) atoms. The van der Waals surface area contributed by atoms with Crippen LogP contribution in [0.2, 0.25) is 0 Å². The summed E-state index contributed by atoms with van der Waals surface area (Å²) in [6, 6.07) is 28.0. The van der Waals surface area contributed by atoms with Crippen LogP contribution in [0.3, 0.4) is 0 Å². The highest BCUT2D eigenvalue weighted by Crippen LogP contribution is 2.45. The number of phenolic OH excluding ortho intramolecular Hbond substituents is 1. The molecule has 0 amide bonds. The molecule has 0 spiro atoms. The highest BCUT2D eigenvalue weighted by molar-refractivity contribution is 6.70. The van der Waals surface area contributed by atoms with E-state index in [0.29, 0.717) is 50.5 Å². The summed E-state index contributed by atoms with van der Waals surface area (Å²) < 4.78 is 2.04. The van der Waals surface area contributed by atoms with Crippen molar-refractivity contribution in [3.8, 4) is 67.5 Å². The van der Waals surface area contributed by atoms with Crippen LogP contribution in [0.15, 0.2) is 91.1 Å². The average molecular weight is 858 g/mol. The van der Waals surface area contributed by atoms with Crippen molar-refractivity contribution in [2.75, 3.05) is 0 Å². The zero-order valence-corrected chi connectivity index (χ0v) is 40.2. The number of imidazole rings is 1. The Labute approximate surface area is 415 Å². The van der Waals surface area contributed by atoms with E-state index in [1.54, 1.807) is 6.20 Å². The van der Waals surface area contributed by atoms with Gasteiger partial charge in [0.1, 0.15) is 90.0 Å². The quantitative estimate of drug-likeness (QED) is 0.262. The lowest BCUT2D eigenvalue weighted by molar-refractivity contribution is 0.446. The maximum absolute atomic E-state index is 12.5. The summed E-state index contributed by atoms with van der Waals surface area (Å²) in [6.45, 7) is 19.2. The van der Waals surface area contributed by atoms with Gasteiger partial charge in [-0.05, 0) is 92.1 Å². The molecule has 310 valence electrons. The number of fused-ring (bicyclic) bond motifs is 1. The summed E-state index contributed by atoms with van der Waals surface area (Å²) in [7, 11) is 64.6. The molecule has 0 unspecified atom stereocenters. The number of hydrogen-bond donors (Lipinski definition) is 1. The molecular weight excluding hydrogens is 815 g/mol. The summed E-state index contributed by atoms with van der Waals surface area (Å²) in [5.41, 5.74) is 11.6. The van der Waals surface area contributed by atoms with Crippen LogP contribution in [0.25, 0.3) is 72.7 Å². The van der Waals surface area contributed by atoms with Crippen LogP contribution in [0.1, 0.15) is 79.0 Å². The Balaban J connectivity index is 1.47. The SMILES string of the molecule is [B]c1c([B])c([B])c(-c2ccnc(-c3cc(-c4cccc5c4nc(-c4cc(C(C)(C)C)cc(C(C)(C)C)c4O)n5-c4ccccc4-c4c([B])c([B])c([B])c([B])c4[B])cc(C(C)(C)C)c3)c2)c([B])c1[B]. The predicted octanol–water partition coefficient (Wildman–Crippen LogP) is 2.29. The lowest BCUT2D eigenvalue weighted by Crippen LogP contribution is -2.55. The largest absolute Gasteiger partial charge is 0.507 e. The maximum atomic E-state index is 12.5. The van der Waals surface area contributed by atoms with Gasteiger partial charge in [0, 0.05) is 28.5 Å². The number of nitrogens with zero attached hydrogens (tertiary/aromatic N) is 3. The molecule has 1 N–H and O–H groups in total. The first-order valence-electron chi connectivity index (χ1n) is 22.4. The fourth-order valence-electron chi connectivity index (χ4n) is 8.85. The van der Waals surface area contributed by atoms with Crippen molar-refractivity contribution in [2.45, 2.75) is 78.6 Å². The summed E-state index contributed by atoms with van der Waals surface area (Å²) in [4.78, 5) is 10.4. The number of aromatic nitrogens is 3. The average Bonchev–Trinajstić information content (AvgIpc) is 3.67. The van der Waals surface area contributed by atoms with Gasteiger partial charge >= 0.3 is 0 Å². The highest BCUT2D eigenvalue weighted by atomic mass is 16.3. The Morgan fingerprint density at radius 1 is 0.456 bits per heavy atom. The lowest BCUT2D eigenvalue weighted by atomic mass is 9.59. The van der Waals surface area contributed by atoms with E-state index < -0.39 is 5.41 Å². The molecule has 8 aromatic rings. The minimum absolute atomic E-state index is 0.116. The molecule has 0 fully saturated rings. The maximum Gasteiger partial charge on any atom is 0.149 e. The van der Waals surface area contributed by atoms with Gasteiger partial charge in [-0.1, -0.05) is 127 Å². The number of para-hydroxylation sites is 2. The second-order valence-corrected chi connectivity index (χ2v) is 20.7. The number of rotatable bonds is 6. The van der Waals surface area contributed by atoms with Crippen LogP contribution >= 0.6 is 0 Å². The Bertz CT molecular complexity index is 3320. The third-order valence-electron chi connectivity index (χ3n) is 13.0. The van der Waals surface area contributed by atoms with Crippen molar-refractivity contribution in [1.82, 2.24) is 14.5 Å². The molecule has 20 radical (unpaired) electrons. The molecule has 4 nitrogen and oxygen atoms in total. The van der Waals surface area contributed by atoms with E-state index in [9.17, 15) is 5.11 Å². The van der Waals surface area contributed by atoms with Crippen molar-refractivity contribution in [3.63, 3.8) is 0 Å². The van der Waals surface area contributed by atoms with Crippen molar-refractivity contribution in [3.05, 3.63) is 108 Å². The summed E-state index contributed by atoms with van der Waals surface area (Å²) in [6.07, 6.45) is 1.70. The number of aromatic hydroxyl groups is 1. The minimum Gasteiger partial charge on any atom is -0.507 e. The second kappa shape index (κ2) is 17.4. The van der Waals surface area contributed by atoms with E-state index in [-0.39, 0.29) is 71.2 Å². The Hall–Kier alpha value is -5.61. The fraction of sp³-hybridized carbons (Fsp3) is 0.222. The molecule has 8 rings (SSSR count). The molecule has 0 atom stereocenters. The standard InChI is InChI=1S/C54H43B10N3O/c1-52(2,3)28-20-26(19-27(21-28)34-22-25(17-18-65-34)37-39(55)43(59)47(63)44(60)40(37)56)30-14-12-16-36-49(30)66-51(32-23-29(53(4,5)6)24-33(50(32)68)54(7,8)9)67(36)35-15-11-10-13-31(35)38-41(57)45(61)48(64)46(62)42(38)58/h10-24,68H,1-9H3. The topological polar surface area (TPSA) is 50.9 Å². The first-order valence-corrected chi connectivity index (χ1v) is 22.4. The third-order valence-corrected chi connectivity index (χ3v) is 13.0. The fourth-order valence-corrected chi connectivity index (χ4v) is 8.85. The predicted molar refractivity (Wildman–Crippen MR) is 298 cm³/mol.